The van der Waals surface area contributed by atoms with Gasteiger partial charge in [0.2, 0.25) is 5.91 Å². The lowest BCUT2D eigenvalue weighted by Crippen LogP contribution is -2.37. The van der Waals surface area contributed by atoms with E-state index in [0.717, 1.165) is 19.4 Å². The molecule has 1 saturated heterocycles. The van der Waals surface area contributed by atoms with E-state index in [-0.39, 0.29) is 17.6 Å². The summed E-state index contributed by atoms with van der Waals surface area (Å²) < 4.78 is 11.0. The van der Waals surface area contributed by atoms with Gasteiger partial charge in [0.25, 0.3) is 5.91 Å². The SMILES string of the molecule is NC(=O)c1c[nH]c(C(=O)N(Cc2ccco2)C[C@@H]2CCCO2)c1. The second-order valence-electron chi connectivity index (χ2n) is 5.57. The summed E-state index contributed by atoms with van der Waals surface area (Å²) in [4.78, 5) is 28.4. The fourth-order valence-corrected chi connectivity index (χ4v) is 2.67. The van der Waals surface area contributed by atoms with Crippen LogP contribution in [0.4, 0.5) is 0 Å². The predicted octanol–water partition coefficient (Wildman–Crippen LogP) is 1.53. The number of nitrogens with two attached hydrogens (primary N) is 1. The number of rotatable bonds is 6. The van der Waals surface area contributed by atoms with Gasteiger partial charge in [0.15, 0.2) is 0 Å². The van der Waals surface area contributed by atoms with Gasteiger partial charge in [0, 0.05) is 19.3 Å². The van der Waals surface area contributed by atoms with Crippen molar-refractivity contribution in [2.75, 3.05) is 13.2 Å². The van der Waals surface area contributed by atoms with Crippen LogP contribution in [0.25, 0.3) is 0 Å². The van der Waals surface area contributed by atoms with Crippen LogP contribution in [0.2, 0.25) is 0 Å². The summed E-state index contributed by atoms with van der Waals surface area (Å²) in [6.07, 6.45) is 4.97. The molecule has 0 unspecified atom stereocenters. The highest BCUT2D eigenvalue weighted by Crippen LogP contribution is 2.17. The average molecular weight is 317 g/mol. The first-order chi connectivity index (χ1) is 11.1. The van der Waals surface area contributed by atoms with Gasteiger partial charge in [-0.25, -0.2) is 0 Å². The number of furan rings is 1. The summed E-state index contributed by atoms with van der Waals surface area (Å²) >= 11 is 0. The van der Waals surface area contributed by atoms with Crippen molar-refractivity contribution in [2.24, 2.45) is 5.73 Å². The molecule has 1 aliphatic rings. The molecule has 1 fully saturated rings. The van der Waals surface area contributed by atoms with Crippen molar-refractivity contribution < 1.29 is 18.7 Å². The fourth-order valence-electron chi connectivity index (χ4n) is 2.67. The zero-order valence-electron chi connectivity index (χ0n) is 12.7. The van der Waals surface area contributed by atoms with Crippen molar-refractivity contribution >= 4 is 11.8 Å². The fraction of sp³-hybridized carbons (Fsp3) is 0.375. The number of aromatic amines is 1. The van der Waals surface area contributed by atoms with Crippen LogP contribution >= 0.6 is 0 Å². The maximum absolute atomic E-state index is 12.7. The van der Waals surface area contributed by atoms with Crippen molar-refractivity contribution in [3.63, 3.8) is 0 Å². The molecule has 122 valence electrons. The molecule has 2 aromatic heterocycles. The highest BCUT2D eigenvalue weighted by molar-refractivity contribution is 5.98. The van der Waals surface area contributed by atoms with E-state index in [9.17, 15) is 9.59 Å². The minimum Gasteiger partial charge on any atom is -0.467 e. The Balaban J connectivity index is 1.77. The zero-order valence-corrected chi connectivity index (χ0v) is 12.7. The Morgan fingerprint density at radius 2 is 2.30 bits per heavy atom. The largest absolute Gasteiger partial charge is 0.467 e. The van der Waals surface area contributed by atoms with Crippen LogP contribution in [0.5, 0.6) is 0 Å². The Labute approximate surface area is 133 Å². The van der Waals surface area contributed by atoms with Crippen LogP contribution in [0, 0.1) is 0 Å². The van der Waals surface area contributed by atoms with E-state index in [1.165, 1.54) is 12.3 Å². The first kappa shape index (κ1) is 15.4. The third-order valence-electron chi connectivity index (χ3n) is 3.86. The van der Waals surface area contributed by atoms with Gasteiger partial charge in [0.05, 0.1) is 24.5 Å². The summed E-state index contributed by atoms with van der Waals surface area (Å²) in [5, 5.41) is 0. The number of ether oxygens (including phenoxy) is 1. The van der Waals surface area contributed by atoms with E-state index >= 15 is 0 Å². The molecule has 0 aliphatic carbocycles. The normalized spacial score (nSPS) is 17.3. The molecule has 3 heterocycles. The summed E-state index contributed by atoms with van der Waals surface area (Å²) in [5.74, 6) is -0.0977. The van der Waals surface area contributed by atoms with E-state index in [4.69, 9.17) is 14.9 Å². The number of nitrogens with one attached hydrogen (secondary N) is 1. The minimum absolute atomic E-state index is 0.0273. The third kappa shape index (κ3) is 3.62. The lowest BCUT2D eigenvalue weighted by molar-refractivity contribution is 0.0487. The summed E-state index contributed by atoms with van der Waals surface area (Å²) in [6, 6.07) is 5.07. The van der Waals surface area contributed by atoms with Crippen LogP contribution in [0.1, 0.15) is 39.4 Å². The van der Waals surface area contributed by atoms with Crippen LogP contribution in [-0.2, 0) is 11.3 Å². The molecule has 7 nitrogen and oxygen atoms in total. The molecule has 0 saturated carbocycles. The van der Waals surface area contributed by atoms with Crippen molar-refractivity contribution in [3.8, 4) is 0 Å². The molecule has 1 aliphatic heterocycles. The molecule has 0 bridgehead atoms. The number of carbonyl (C=O) groups excluding carboxylic acids is 2. The smallest absolute Gasteiger partial charge is 0.270 e. The van der Waals surface area contributed by atoms with E-state index in [1.807, 2.05) is 6.07 Å². The molecule has 0 spiro atoms. The molecule has 3 N–H and O–H groups in total. The summed E-state index contributed by atoms with van der Waals surface area (Å²) in [6.45, 7) is 1.54. The van der Waals surface area contributed by atoms with Crippen molar-refractivity contribution in [1.29, 1.82) is 0 Å². The Morgan fingerprint density at radius 3 is 2.91 bits per heavy atom. The molecular formula is C16H19N3O4. The number of amides is 2. The van der Waals surface area contributed by atoms with Gasteiger partial charge in [0.1, 0.15) is 11.5 Å². The monoisotopic (exact) mass is 317 g/mol. The second kappa shape index (κ2) is 6.70. The van der Waals surface area contributed by atoms with Gasteiger partial charge in [-0.05, 0) is 31.0 Å². The summed E-state index contributed by atoms with van der Waals surface area (Å²) in [5.41, 5.74) is 5.83. The third-order valence-corrected chi connectivity index (χ3v) is 3.86. The molecule has 7 heteroatoms. The maximum Gasteiger partial charge on any atom is 0.270 e. The Bertz CT molecular complexity index is 671. The number of primary amides is 1. The molecular weight excluding hydrogens is 298 g/mol. The highest BCUT2D eigenvalue weighted by atomic mass is 16.5. The molecule has 3 rings (SSSR count). The number of carbonyl (C=O) groups is 2. The maximum atomic E-state index is 12.7. The molecule has 23 heavy (non-hydrogen) atoms. The lowest BCUT2D eigenvalue weighted by atomic mass is 10.2. The first-order valence-corrected chi connectivity index (χ1v) is 7.55. The first-order valence-electron chi connectivity index (χ1n) is 7.55. The average Bonchev–Trinajstić information content (AvgIpc) is 3.28. The van der Waals surface area contributed by atoms with E-state index < -0.39 is 5.91 Å². The number of nitrogens with zero attached hydrogens (tertiary/aromatic N) is 1. The lowest BCUT2D eigenvalue weighted by Gasteiger charge is -2.24. The number of aromatic nitrogens is 1. The predicted molar refractivity (Wildman–Crippen MR) is 81.7 cm³/mol. The van der Waals surface area contributed by atoms with Gasteiger partial charge < -0.3 is 24.8 Å². The van der Waals surface area contributed by atoms with Crippen LogP contribution in [0.15, 0.2) is 35.1 Å². The summed E-state index contributed by atoms with van der Waals surface area (Å²) in [7, 11) is 0. The van der Waals surface area contributed by atoms with Gasteiger partial charge in [-0.3, -0.25) is 9.59 Å². The second-order valence-corrected chi connectivity index (χ2v) is 5.57. The Hall–Kier alpha value is -2.54. The topological polar surface area (TPSA) is 102 Å². The van der Waals surface area contributed by atoms with E-state index in [0.29, 0.717) is 24.5 Å². The molecule has 0 aromatic carbocycles. The number of hydrogen-bond acceptors (Lipinski definition) is 4. The van der Waals surface area contributed by atoms with Gasteiger partial charge >= 0.3 is 0 Å². The van der Waals surface area contributed by atoms with Gasteiger partial charge in [-0.15, -0.1) is 0 Å². The Kier molecular flexibility index (Phi) is 4.47. The van der Waals surface area contributed by atoms with E-state index in [1.54, 1.807) is 17.2 Å². The number of hydrogen-bond donors (Lipinski definition) is 2. The molecule has 1 atom stereocenters. The van der Waals surface area contributed by atoms with Crippen LogP contribution < -0.4 is 5.73 Å². The van der Waals surface area contributed by atoms with Gasteiger partial charge in [-0.2, -0.15) is 0 Å². The standard InChI is InChI=1S/C16H19N3O4/c17-15(20)11-7-14(18-8-11)16(21)19(9-12-3-1-5-22-12)10-13-4-2-6-23-13/h1,3,5,7-8,13,18H,2,4,6,9-10H2,(H2,17,20)/t13-/m0/s1. The minimum atomic E-state index is -0.572. The van der Waals surface area contributed by atoms with Gasteiger partial charge in [-0.1, -0.05) is 0 Å². The zero-order chi connectivity index (χ0) is 16.2. The Morgan fingerprint density at radius 1 is 1.43 bits per heavy atom. The quantitative estimate of drug-likeness (QED) is 0.843. The van der Waals surface area contributed by atoms with E-state index in [2.05, 4.69) is 4.98 Å². The van der Waals surface area contributed by atoms with Crippen molar-refractivity contribution in [1.82, 2.24) is 9.88 Å². The highest BCUT2D eigenvalue weighted by Gasteiger charge is 2.25. The molecule has 0 radical (unpaired) electrons. The van der Waals surface area contributed by atoms with Crippen LogP contribution in [-0.4, -0.2) is 41.0 Å². The molecule has 2 amide bonds. The van der Waals surface area contributed by atoms with Crippen molar-refractivity contribution in [2.45, 2.75) is 25.5 Å². The van der Waals surface area contributed by atoms with Crippen LogP contribution in [0.3, 0.4) is 0 Å². The molecule has 2 aromatic rings. The number of H-pyrrole nitrogens is 1. The van der Waals surface area contributed by atoms with Crippen molar-refractivity contribution in [3.05, 3.63) is 47.7 Å².